The van der Waals surface area contributed by atoms with Crippen molar-refractivity contribution >= 4 is 33.6 Å². The van der Waals surface area contributed by atoms with Crippen molar-refractivity contribution < 1.29 is 14.0 Å². The number of pyridine rings is 1. The van der Waals surface area contributed by atoms with Crippen molar-refractivity contribution in [2.24, 2.45) is 0 Å². The van der Waals surface area contributed by atoms with E-state index >= 15 is 0 Å². The molecule has 0 spiro atoms. The third-order valence-corrected chi connectivity index (χ3v) is 3.14. The van der Waals surface area contributed by atoms with Crippen molar-refractivity contribution in [3.63, 3.8) is 0 Å². The van der Waals surface area contributed by atoms with Crippen molar-refractivity contribution in [3.05, 3.63) is 22.6 Å². The molecule has 1 aliphatic heterocycles. The number of anilines is 1. The zero-order valence-electron chi connectivity index (χ0n) is 9.61. The van der Waals surface area contributed by atoms with Gasteiger partial charge in [-0.15, -0.1) is 0 Å². The fraction of sp³-hybridized carbons (Fsp3) is 0.364. The Hall–Kier alpha value is -1.50. The molecule has 1 atom stereocenters. The number of aromatic nitrogens is 1. The van der Waals surface area contributed by atoms with Crippen LogP contribution in [0, 0.1) is 5.82 Å². The van der Waals surface area contributed by atoms with E-state index in [-0.39, 0.29) is 12.4 Å². The van der Waals surface area contributed by atoms with Crippen molar-refractivity contribution in [2.75, 3.05) is 11.4 Å². The molecule has 96 valence electrons. The molecule has 5 nitrogen and oxygen atoms in total. The molecule has 0 bridgehead atoms. The predicted molar refractivity (Wildman–Crippen MR) is 66.5 cm³/mol. The summed E-state index contributed by atoms with van der Waals surface area (Å²) in [6.45, 7) is 1.72. The Morgan fingerprint density at radius 2 is 2.33 bits per heavy atom. The first-order valence-corrected chi connectivity index (χ1v) is 6.23. The maximum Gasteiger partial charge on any atom is 0.249 e. The largest absolute Gasteiger partial charge is 0.333 e. The first kappa shape index (κ1) is 12.9. The predicted octanol–water partition coefficient (Wildman–Crippen LogP) is 1.22. The van der Waals surface area contributed by atoms with E-state index in [4.69, 9.17) is 0 Å². The molecule has 0 aromatic carbocycles. The second-order valence-corrected chi connectivity index (χ2v) is 4.84. The number of hydrogen-bond donors (Lipinski definition) is 1. The van der Waals surface area contributed by atoms with E-state index in [1.165, 1.54) is 17.2 Å². The summed E-state index contributed by atoms with van der Waals surface area (Å²) < 4.78 is 14.3. The van der Waals surface area contributed by atoms with Gasteiger partial charge in [-0.25, -0.2) is 9.37 Å². The second-order valence-electron chi connectivity index (χ2n) is 3.92. The van der Waals surface area contributed by atoms with Crippen LogP contribution >= 0.6 is 15.9 Å². The maximum absolute atomic E-state index is 13.8. The molecule has 0 saturated carbocycles. The van der Waals surface area contributed by atoms with Gasteiger partial charge in [0, 0.05) is 10.7 Å². The van der Waals surface area contributed by atoms with E-state index in [1.54, 1.807) is 6.92 Å². The summed E-state index contributed by atoms with van der Waals surface area (Å²) in [6.07, 6.45) is 1.90. The Balaban J connectivity index is 2.39. The molecule has 1 aromatic heterocycles. The number of imide groups is 1. The fourth-order valence-electron chi connectivity index (χ4n) is 1.91. The molecule has 1 unspecified atom stereocenters. The van der Waals surface area contributed by atoms with Gasteiger partial charge in [-0.1, -0.05) is 6.92 Å². The van der Waals surface area contributed by atoms with Crippen LogP contribution in [-0.2, 0) is 9.59 Å². The average Bonchev–Trinajstić information content (AvgIpc) is 2.28. The number of carbonyl (C=O) groups is 2. The summed E-state index contributed by atoms with van der Waals surface area (Å²) in [7, 11) is 0. The number of halogens is 2. The van der Waals surface area contributed by atoms with Gasteiger partial charge in [-0.3, -0.25) is 14.9 Å². The minimum atomic E-state index is -0.578. The molecule has 2 rings (SSSR count). The SMILES string of the molecule is CCC1C(=O)NC(=O)CN1c1ncc(Br)cc1F. The van der Waals surface area contributed by atoms with Gasteiger partial charge in [-0.2, -0.15) is 0 Å². The highest BCUT2D eigenvalue weighted by Gasteiger charge is 2.34. The van der Waals surface area contributed by atoms with Gasteiger partial charge in [0.25, 0.3) is 0 Å². The number of piperazine rings is 1. The van der Waals surface area contributed by atoms with Crippen molar-refractivity contribution in [3.8, 4) is 0 Å². The molecule has 0 radical (unpaired) electrons. The van der Waals surface area contributed by atoms with Crippen LogP contribution in [0.3, 0.4) is 0 Å². The third kappa shape index (κ3) is 2.35. The number of hydrogen-bond acceptors (Lipinski definition) is 4. The minimum Gasteiger partial charge on any atom is -0.333 e. The smallest absolute Gasteiger partial charge is 0.249 e. The highest BCUT2D eigenvalue weighted by Crippen LogP contribution is 2.24. The van der Waals surface area contributed by atoms with E-state index in [0.29, 0.717) is 10.9 Å². The Kier molecular flexibility index (Phi) is 3.60. The molecule has 7 heteroatoms. The van der Waals surface area contributed by atoms with Gasteiger partial charge in [0.15, 0.2) is 11.6 Å². The van der Waals surface area contributed by atoms with E-state index < -0.39 is 23.7 Å². The van der Waals surface area contributed by atoms with Crippen molar-refractivity contribution in [1.29, 1.82) is 0 Å². The lowest BCUT2D eigenvalue weighted by Gasteiger charge is -2.34. The first-order valence-electron chi connectivity index (χ1n) is 5.44. The number of nitrogens with one attached hydrogen (secondary N) is 1. The van der Waals surface area contributed by atoms with Crippen LogP contribution in [0.5, 0.6) is 0 Å². The van der Waals surface area contributed by atoms with Gasteiger partial charge in [-0.05, 0) is 28.4 Å². The van der Waals surface area contributed by atoms with Crippen LogP contribution in [0.15, 0.2) is 16.7 Å². The monoisotopic (exact) mass is 315 g/mol. The van der Waals surface area contributed by atoms with Crippen LogP contribution in [-0.4, -0.2) is 29.4 Å². The topological polar surface area (TPSA) is 62.3 Å². The molecule has 2 heterocycles. The first-order chi connectivity index (χ1) is 8.52. The van der Waals surface area contributed by atoms with Crippen LogP contribution < -0.4 is 10.2 Å². The maximum atomic E-state index is 13.8. The summed E-state index contributed by atoms with van der Waals surface area (Å²) in [4.78, 5) is 28.4. The van der Waals surface area contributed by atoms with E-state index in [9.17, 15) is 14.0 Å². The van der Waals surface area contributed by atoms with Gasteiger partial charge < -0.3 is 4.90 Å². The molecule has 1 N–H and O–H groups in total. The molecule has 18 heavy (non-hydrogen) atoms. The summed E-state index contributed by atoms with van der Waals surface area (Å²) in [5, 5.41) is 2.23. The van der Waals surface area contributed by atoms with Gasteiger partial charge in [0.1, 0.15) is 6.04 Å². The second kappa shape index (κ2) is 5.01. The number of amides is 2. The van der Waals surface area contributed by atoms with Gasteiger partial charge in [0.2, 0.25) is 11.8 Å². The van der Waals surface area contributed by atoms with E-state index in [0.717, 1.165) is 0 Å². The molecular weight excluding hydrogens is 305 g/mol. The van der Waals surface area contributed by atoms with Crippen LogP contribution in [0.1, 0.15) is 13.3 Å². The summed E-state index contributed by atoms with van der Waals surface area (Å²) in [5.74, 6) is -1.41. The Labute approximate surface area is 112 Å². The molecule has 1 aromatic rings. The van der Waals surface area contributed by atoms with Crippen LogP contribution in [0.25, 0.3) is 0 Å². The lowest BCUT2D eigenvalue weighted by atomic mass is 10.1. The number of rotatable bonds is 2. The minimum absolute atomic E-state index is 0.0215. The Morgan fingerprint density at radius 1 is 1.61 bits per heavy atom. The van der Waals surface area contributed by atoms with Crippen LogP contribution in [0.4, 0.5) is 10.2 Å². The molecular formula is C11H11BrFN3O2. The zero-order valence-corrected chi connectivity index (χ0v) is 11.2. The van der Waals surface area contributed by atoms with Crippen molar-refractivity contribution in [2.45, 2.75) is 19.4 Å². The average molecular weight is 316 g/mol. The van der Waals surface area contributed by atoms with Crippen LogP contribution in [0.2, 0.25) is 0 Å². The zero-order chi connectivity index (χ0) is 13.3. The molecule has 1 saturated heterocycles. The molecule has 1 fully saturated rings. The molecule has 2 amide bonds. The highest BCUT2D eigenvalue weighted by molar-refractivity contribution is 9.10. The number of nitrogens with zero attached hydrogens (tertiary/aromatic N) is 2. The molecule has 0 aliphatic carbocycles. The quantitative estimate of drug-likeness (QED) is 0.834. The number of carbonyl (C=O) groups excluding carboxylic acids is 2. The Bertz CT molecular complexity index is 509. The normalized spacial score (nSPS) is 19.9. The van der Waals surface area contributed by atoms with Crippen molar-refractivity contribution in [1.82, 2.24) is 10.3 Å². The third-order valence-electron chi connectivity index (χ3n) is 2.70. The lowest BCUT2D eigenvalue weighted by molar-refractivity contribution is -0.132. The summed E-state index contributed by atoms with van der Waals surface area (Å²) in [5.41, 5.74) is 0. The Morgan fingerprint density at radius 3 is 2.94 bits per heavy atom. The van der Waals surface area contributed by atoms with E-state index in [2.05, 4.69) is 26.2 Å². The van der Waals surface area contributed by atoms with Gasteiger partial charge >= 0.3 is 0 Å². The van der Waals surface area contributed by atoms with E-state index in [1.807, 2.05) is 0 Å². The standard InChI is InChI=1S/C11H11BrFN3O2/c1-2-8-11(18)15-9(17)5-16(8)10-7(13)3-6(12)4-14-10/h3-4,8H,2,5H2,1H3,(H,15,17,18). The summed E-state index contributed by atoms with van der Waals surface area (Å²) >= 11 is 3.11. The fourth-order valence-corrected chi connectivity index (χ4v) is 2.22. The van der Waals surface area contributed by atoms with Gasteiger partial charge in [0.05, 0.1) is 6.54 Å². The highest BCUT2D eigenvalue weighted by atomic mass is 79.9. The summed E-state index contributed by atoms with van der Waals surface area (Å²) in [6, 6.07) is 0.678. The lowest BCUT2D eigenvalue weighted by Crippen LogP contribution is -2.58. The molecule has 1 aliphatic rings.